The highest BCUT2D eigenvalue weighted by Crippen LogP contribution is 2.43. The molecule has 3 heterocycles. The number of aromatic amines is 2. The van der Waals surface area contributed by atoms with Crippen LogP contribution in [0.4, 0.5) is 13.2 Å². The van der Waals surface area contributed by atoms with Crippen LogP contribution in [0.25, 0.3) is 31.7 Å². The molecule has 0 radical (unpaired) electrons. The van der Waals surface area contributed by atoms with Gasteiger partial charge in [0.15, 0.2) is 0 Å². The average Bonchev–Trinajstić information content (AvgIpc) is 2.98. The topological polar surface area (TPSA) is 87.8 Å². The molecule has 28 heavy (non-hydrogen) atoms. The first-order valence-electron chi connectivity index (χ1n) is 7.70. The predicted molar refractivity (Wildman–Crippen MR) is 103 cm³/mol. The molecule has 0 atom stereocenters. The second-order valence-corrected chi connectivity index (χ2v) is 7.71. The lowest BCUT2D eigenvalue weighted by atomic mass is 10.1. The molecule has 3 aromatic heterocycles. The zero-order valence-electron chi connectivity index (χ0n) is 13.9. The third kappa shape index (κ3) is 3.00. The molecule has 1 aromatic carbocycles. The number of benzene rings is 1. The number of pyridine rings is 1. The van der Waals surface area contributed by atoms with E-state index in [1.54, 1.807) is 18.2 Å². The first-order chi connectivity index (χ1) is 13.2. The van der Waals surface area contributed by atoms with Crippen LogP contribution in [0, 0.1) is 0 Å². The summed E-state index contributed by atoms with van der Waals surface area (Å²) in [6.45, 7) is 0. The van der Waals surface area contributed by atoms with Crippen molar-refractivity contribution in [2.45, 2.75) is 6.18 Å². The van der Waals surface area contributed by atoms with E-state index in [0.717, 1.165) is 17.4 Å². The zero-order chi connectivity index (χ0) is 20.2. The summed E-state index contributed by atoms with van der Waals surface area (Å²) in [5.41, 5.74) is -2.43. The molecule has 4 rings (SSSR count). The molecule has 0 spiro atoms. The molecule has 0 saturated carbocycles. The first-order valence-corrected chi connectivity index (χ1v) is 9.31. The molecular weight excluding hydrogens is 463 g/mol. The van der Waals surface area contributed by atoms with Gasteiger partial charge in [-0.15, -0.1) is 11.3 Å². The largest absolute Gasteiger partial charge is 0.496 e. The van der Waals surface area contributed by atoms with Crippen molar-refractivity contribution < 1.29 is 17.9 Å². The maximum absolute atomic E-state index is 13.8. The number of nitrogens with zero attached hydrogens (tertiary/aromatic N) is 1. The van der Waals surface area contributed by atoms with Crippen molar-refractivity contribution in [1.82, 2.24) is 15.0 Å². The Morgan fingerprint density at radius 1 is 1.18 bits per heavy atom. The van der Waals surface area contributed by atoms with E-state index in [-0.39, 0.29) is 26.1 Å². The van der Waals surface area contributed by atoms with Gasteiger partial charge in [-0.1, -0.05) is 15.9 Å². The van der Waals surface area contributed by atoms with Gasteiger partial charge in [0, 0.05) is 15.4 Å². The highest BCUT2D eigenvalue weighted by Gasteiger charge is 2.35. The second-order valence-electron chi connectivity index (χ2n) is 5.79. The molecule has 0 bridgehead atoms. The maximum atomic E-state index is 13.8. The molecule has 11 heteroatoms. The van der Waals surface area contributed by atoms with E-state index >= 15 is 0 Å². The zero-order valence-corrected chi connectivity index (χ0v) is 16.3. The minimum absolute atomic E-state index is 0.0165. The molecule has 4 aromatic rings. The highest BCUT2D eigenvalue weighted by atomic mass is 79.9. The minimum Gasteiger partial charge on any atom is -0.496 e. The average molecular weight is 472 g/mol. The molecule has 0 unspecified atom stereocenters. The number of H-pyrrole nitrogens is 2. The summed E-state index contributed by atoms with van der Waals surface area (Å²) < 4.78 is 47.4. The van der Waals surface area contributed by atoms with Gasteiger partial charge in [-0.25, -0.2) is 9.78 Å². The number of hydrogen-bond acceptors (Lipinski definition) is 5. The van der Waals surface area contributed by atoms with Gasteiger partial charge in [0.1, 0.15) is 15.3 Å². The van der Waals surface area contributed by atoms with Gasteiger partial charge in [-0.05, 0) is 24.3 Å². The molecule has 6 nitrogen and oxygen atoms in total. The molecule has 0 aliphatic rings. The summed E-state index contributed by atoms with van der Waals surface area (Å²) in [6.07, 6.45) is -4.73. The fourth-order valence-electron chi connectivity index (χ4n) is 2.92. The number of alkyl halides is 3. The van der Waals surface area contributed by atoms with Crippen LogP contribution in [-0.2, 0) is 6.18 Å². The van der Waals surface area contributed by atoms with Gasteiger partial charge in [0.2, 0.25) is 0 Å². The number of aromatic nitrogens is 3. The Hall–Kier alpha value is -2.66. The summed E-state index contributed by atoms with van der Waals surface area (Å²) >= 11 is 4.06. The van der Waals surface area contributed by atoms with Gasteiger partial charge < -0.3 is 9.72 Å². The molecule has 144 valence electrons. The molecule has 0 saturated heterocycles. The Labute approximate surface area is 166 Å². The van der Waals surface area contributed by atoms with Crippen LogP contribution in [0.5, 0.6) is 5.75 Å². The van der Waals surface area contributed by atoms with Gasteiger partial charge in [-0.2, -0.15) is 13.2 Å². The van der Waals surface area contributed by atoms with Gasteiger partial charge >= 0.3 is 11.9 Å². The van der Waals surface area contributed by atoms with E-state index in [4.69, 9.17) is 4.74 Å². The second kappa shape index (κ2) is 6.45. The number of halogens is 4. The van der Waals surface area contributed by atoms with Crippen LogP contribution in [0.15, 0.2) is 38.3 Å². The van der Waals surface area contributed by atoms with Crippen molar-refractivity contribution in [2.75, 3.05) is 7.11 Å². The van der Waals surface area contributed by atoms with Gasteiger partial charge in [0.25, 0.3) is 5.56 Å². The lowest BCUT2D eigenvalue weighted by molar-refractivity contribution is -0.136. The molecule has 2 N–H and O–H groups in total. The van der Waals surface area contributed by atoms with E-state index in [0.29, 0.717) is 15.8 Å². The van der Waals surface area contributed by atoms with Crippen LogP contribution >= 0.6 is 27.3 Å². The molecule has 0 aliphatic carbocycles. The quantitative estimate of drug-likeness (QED) is 0.456. The van der Waals surface area contributed by atoms with Crippen LogP contribution in [0.3, 0.4) is 0 Å². The van der Waals surface area contributed by atoms with Crippen LogP contribution < -0.4 is 16.0 Å². The number of methoxy groups -OCH3 is 1. The van der Waals surface area contributed by atoms with Crippen molar-refractivity contribution in [3.8, 4) is 17.0 Å². The SMILES string of the molecule is COc1cc(Br)ccc1-c1cc(C(F)(F)F)c2c(n1)sc1c(=O)[nH]c(=O)[nH]c12. The summed E-state index contributed by atoms with van der Waals surface area (Å²) in [6, 6.07) is 5.74. The standard InChI is InChI=1S/C17H9BrF3N3O3S/c1-27-10-4-6(18)2-3-7(10)9-5-8(17(19,20)21)11-12-13(28-15(11)22-9)14(25)24-16(26)23-12/h2-5H,1H3,(H2,23,24,25,26). The molecule has 0 aliphatic heterocycles. The number of thiophene rings is 1. The lowest BCUT2D eigenvalue weighted by Crippen LogP contribution is -2.20. The Bertz CT molecular complexity index is 1360. The molecule has 0 amide bonds. The summed E-state index contributed by atoms with van der Waals surface area (Å²) in [7, 11) is 1.40. The van der Waals surface area contributed by atoms with E-state index in [1.165, 1.54) is 7.11 Å². The third-order valence-corrected chi connectivity index (χ3v) is 5.65. The van der Waals surface area contributed by atoms with Crippen LogP contribution in [0.1, 0.15) is 5.56 Å². The first kappa shape index (κ1) is 18.7. The Morgan fingerprint density at radius 3 is 2.61 bits per heavy atom. The molecular formula is C17H9BrF3N3O3S. The smallest absolute Gasteiger partial charge is 0.417 e. The van der Waals surface area contributed by atoms with E-state index < -0.39 is 23.0 Å². The van der Waals surface area contributed by atoms with E-state index in [1.807, 2.05) is 4.98 Å². The van der Waals surface area contributed by atoms with Crippen molar-refractivity contribution in [2.24, 2.45) is 0 Å². The fraction of sp³-hybridized carbons (Fsp3) is 0.118. The van der Waals surface area contributed by atoms with Crippen molar-refractivity contribution in [1.29, 1.82) is 0 Å². The van der Waals surface area contributed by atoms with Crippen LogP contribution in [-0.4, -0.2) is 22.1 Å². The van der Waals surface area contributed by atoms with E-state index in [2.05, 4.69) is 25.9 Å². The Kier molecular flexibility index (Phi) is 4.31. The van der Waals surface area contributed by atoms with E-state index in [9.17, 15) is 22.8 Å². The van der Waals surface area contributed by atoms with Crippen molar-refractivity contribution in [3.05, 3.63) is 55.1 Å². The fourth-order valence-corrected chi connectivity index (χ4v) is 4.31. The van der Waals surface area contributed by atoms with Crippen LogP contribution in [0.2, 0.25) is 0 Å². The molecule has 0 fully saturated rings. The van der Waals surface area contributed by atoms with Gasteiger partial charge in [-0.3, -0.25) is 9.78 Å². The predicted octanol–water partition coefficient (Wildman–Crippen LogP) is 4.28. The Balaban J connectivity index is 2.15. The number of nitrogens with one attached hydrogen (secondary N) is 2. The number of fused-ring (bicyclic) bond motifs is 3. The highest BCUT2D eigenvalue weighted by molar-refractivity contribution is 9.10. The monoisotopic (exact) mass is 471 g/mol. The number of rotatable bonds is 2. The lowest BCUT2D eigenvalue weighted by Gasteiger charge is -2.13. The summed E-state index contributed by atoms with van der Waals surface area (Å²) in [5, 5.41) is -0.310. The Morgan fingerprint density at radius 2 is 1.93 bits per heavy atom. The maximum Gasteiger partial charge on any atom is 0.417 e. The van der Waals surface area contributed by atoms with Gasteiger partial charge in [0.05, 0.1) is 23.9 Å². The number of hydrogen-bond donors (Lipinski definition) is 2. The normalized spacial score (nSPS) is 12.0. The van der Waals surface area contributed by atoms with Crippen molar-refractivity contribution >= 4 is 47.7 Å². The summed E-state index contributed by atoms with van der Waals surface area (Å²) in [4.78, 5) is 32.2. The van der Waals surface area contributed by atoms with Crippen molar-refractivity contribution in [3.63, 3.8) is 0 Å². The third-order valence-electron chi connectivity index (χ3n) is 4.08. The number of ether oxygens (including phenoxy) is 1. The minimum atomic E-state index is -4.73. The summed E-state index contributed by atoms with van der Waals surface area (Å²) in [5.74, 6) is 0.335.